The lowest BCUT2D eigenvalue weighted by atomic mass is 9.87. The number of hydrogen-bond donors (Lipinski definition) is 4. The summed E-state index contributed by atoms with van der Waals surface area (Å²) in [5.74, 6) is -1.11. The van der Waals surface area contributed by atoms with Gasteiger partial charge in [-0.25, -0.2) is 4.98 Å². The number of nitrogens with one attached hydrogen (secondary N) is 3. The maximum Gasteiger partial charge on any atom is 0.253 e. The van der Waals surface area contributed by atoms with E-state index in [4.69, 9.17) is 5.73 Å². The van der Waals surface area contributed by atoms with Crippen molar-refractivity contribution in [2.24, 2.45) is 5.73 Å². The number of aryl methyl sites for hydroxylation is 2. The lowest BCUT2D eigenvalue weighted by Gasteiger charge is -2.31. The molecule has 2 aromatic carbocycles. The molecule has 1 unspecified atom stereocenters. The molecule has 0 fully saturated rings. The van der Waals surface area contributed by atoms with Gasteiger partial charge in [0.25, 0.3) is 17.4 Å². The fourth-order valence-corrected chi connectivity index (χ4v) is 5.34. The summed E-state index contributed by atoms with van der Waals surface area (Å²) in [4.78, 5) is 56.6. The molecule has 214 valence electrons. The van der Waals surface area contributed by atoms with E-state index in [9.17, 15) is 19.2 Å². The van der Waals surface area contributed by atoms with Gasteiger partial charge in [-0.05, 0) is 74.7 Å². The number of rotatable bonds is 7. The van der Waals surface area contributed by atoms with Gasteiger partial charge in [0.1, 0.15) is 5.52 Å². The number of carbonyl (C=O) groups excluding carboxylic acids is 3. The van der Waals surface area contributed by atoms with E-state index >= 15 is 0 Å². The van der Waals surface area contributed by atoms with E-state index < -0.39 is 11.4 Å². The molecule has 10 heteroatoms. The summed E-state index contributed by atoms with van der Waals surface area (Å²) in [7, 11) is 0. The van der Waals surface area contributed by atoms with E-state index in [0.29, 0.717) is 39.9 Å². The topological polar surface area (TPSA) is 152 Å². The molecule has 0 aliphatic heterocycles. The van der Waals surface area contributed by atoms with Crippen LogP contribution in [0.4, 0.5) is 5.69 Å². The molecule has 0 spiro atoms. The number of imidazole rings is 1. The zero-order valence-corrected chi connectivity index (χ0v) is 23.9. The minimum absolute atomic E-state index is 0.0837. The van der Waals surface area contributed by atoms with Gasteiger partial charge < -0.3 is 25.9 Å². The normalized spacial score (nSPS) is 16.2. The summed E-state index contributed by atoms with van der Waals surface area (Å²) in [6.45, 7) is 7.22. The Morgan fingerprint density at radius 1 is 1.14 bits per heavy atom. The second-order valence-electron chi connectivity index (χ2n) is 10.8. The van der Waals surface area contributed by atoms with Crippen LogP contribution in [0.1, 0.15) is 63.4 Å². The van der Waals surface area contributed by atoms with Crippen LogP contribution in [-0.4, -0.2) is 32.3 Å². The predicted molar refractivity (Wildman–Crippen MR) is 162 cm³/mol. The fourth-order valence-electron chi connectivity index (χ4n) is 5.34. The third kappa shape index (κ3) is 5.38. The number of primary amides is 1. The molecule has 1 aliphatic rings. The molecule has 4 aromatic rings. The van der Waals surface area contributed by atoms with Crippen LogP contribution in [0.5, 0.6) is 0 Å². The van der Waals surface area contributed by atoms with Crippen LogP contribution in [0.25, 0.3) is 16.6 Å². The number of allylic oxidation sites excluding steroid dienone is 4. The van der Waals surface area contributed by atoms with Crippen molar-refractivity contribution in [3.63, 3.8) is 0 Å². The number of anilines is 1. The Morgan fingerprint density at radius 2 is 1.93 bits per heavy atom. The number of aromatic nitrogens is 3. The molecule has 1 atom stereocenters. The highest BCUT2D eigenvalue weighted by molar-refractivity contribution is 6.04. The number of benzene rings is 2. The number of nitrogens with zero attached hydrogens (tertiary/aromatic N) is 2. The van der Waals surface area contributed by atoms with Crippen molar-refractivity contribution >= 4 is 40.0 Å². The maximum atomic E-state index is 13.1. The largest absolute Gasteiger partial charge is 0.366 e. The minimum atomic E-state index is -0.535. The van der Waals surface area contributed by atoms with Crippen LogP contribution in [0, 0.1) is 13.8 Å². The zero-order chi connectivity index (χ0) is 30.2. The summed E-state index contributed by atoms with van der Waals surface area (Å²) in [5.41, 5.74) is 11.1. The molecule has 2 heterocycles. The zero-order valence-electron chi connectivity index (χ0n) is 23.9. The first-order valence-electron chi connectivity index (χ1n) is 13.5. The average molecular weight is 565 g/mol. The SMILES string of the molecule is CC(=O)Nc1ccc(C(=O)NCc2c(C)cc(C)[nH]c2=O)cc1C1=CCC(C)(n2cnc3c(C(N)=O)cccc32)C=C1. The highest BCUT2D eigenvalue weighted by Gasteiger charge is 2.28. The van der Waals surface area contributed by atoms with Crippen molar-refractivity contribution in [3.05, 3.63) is 111 Å². The van der Waals surface area contributed by atoms with Crippen LogP contribution in [0.2, 0.25) is 0 Å². The first kappa shape index (κ1) is 28.3. The Morgan fingerprint density at radius 3 is 2.60 bits per heavy atom. The van der Waals surface area contributed by atoms with E-state index in [1.807, 2.05) is 48.8 Å². The van der Waals surface area contributed by atoms with Gasteiger partial charge in [-0.3, -0.25) is 19.2 Å². The van der Waals surface area contributed by atoms with Crippen molar-refractivity contribution in [3.8, 4) is 0 Å². The Bertz CT molecular complexity index is 1880. The molecular weight excluding hydrogens is 532 g/mol. The lowest BCUT2D eigenvalue weighted by molar-refractivity contribution is -0.114. The third-order valence-electron chi connectivity index (χ3n) is 7.57. The van der Waals surface area contributed by atoms with Crippen LogP contribution in [0.3, 0.4) is 0 Å². The summed E-state index contributed by atoms with van der Waals surface area (Å²) < 4.78 is 2.01. The highest BCUT2D eigenvalue weighted by Crippen LogP contribution is 2.37. The molecule has 0 saturated carbocycles. The molecule has 5 N–H and O–H groups in total. The van der Waals surface area contributed by atoms with E-state index in [1.54, 1.807) is 36.7 Å². The molecule has 0 radical (unpaired) electrons. The molecule has 0 bridgehead atoms. The Labute approximate surface area is 242 Å². The van der Waals surface area contributed by atoms with Gasteiger partial charge in [0.15, 0.2) is 0 Å². The van der Waals surface area contributed by atoms with Gasteiger partial charge in [0.2, 0.25) is 5.91 Å². The Balaban J connectivity index is 1.43. The quantitative estimate of drug-likeness (QED) is 0.266. The molecule has 1 aliphatic carbocycles. The van der Waals surface area contributed by atoms with Crippen molar-refractivity contribution in [2.45, 2.75) is 46.2 Å². The number of fused-ring (bicyclic) bond motifs is 1. The monoisotopic (exact) mass is 564 g/mol. The van der Waals surface area contributed by atoms with Gasteiger partial charge in [-0.15, -0.1) is 0 Å². The minimum Gasteiger partial charge on any atom is -0.366 e. The standard InChI is InChI=1S/C32H32N6O4/c1-18-14-19(2)36-31(42)25(18)16-34-30(41)22-8-9-26(37-20(3)39)24(15-22)21-10-12-32(4,13-11-21)38-17-35-28-23(29(33)40)6-5-7-27(28)38/h5-12,14-15,17H,13,16H2,1-4H3,(H2,33,40)(H,34,41)(H,36,42)(H,37,39). The summed E-state index contributed by atoms with van der Waals surface area (Å²) >= 11 is 0. The van der Waals surface area contributed by atoms with Gasteiger partial charge in [0.05, 0.1) is 22.9 Å². The third-order valence-corrected chi connectivity index (χ3v) is 7.57. The summed E-state index contributed by atoms with van der Waals surface area (Å²) in [6.07, 6.45) is 8.31. The molecule has 42 heavy (non-hydrogen) atoms. The maximum absolute atomic E-state index is 13.1. The lowest BCUT2D eigenvalue weighted by Crippen LogP contribution is -2.28. The van der Waals surface area contributed by atoms with Gasteiger partial charge in [-0.1, -0.05) is 24.3 Å². The average Bonchev–Trinajstić information content (AvgIpc) is 3.38. The second kappa shape index (κ2) is 11.0. The van der Waals surface area contributed by atoms with Crippen molar-refractivity contribution in [1.82, 2.24) is 19.9 Å². The number of nitrogens with two attached hydrogens (primary N) is 1. The van der Waals surface area contributed by atoms with Crippen LogP contribution in [-0.2, 0) is 16.9 Å². The number of carbonyl (C=O) groups is 3. The van der Waals surface area contributed by atoms with E-state index in [2.05, 4.69) is 27.5 Å². The van der Waals surface area contributed by atoms with Gasteiger partial charge in [0, 0.05) is 41.5 Å². The molecule has 5 rings (SSSR count). The van der Waals surface area contributed by atoms with Crippen LogP contribution < -0.4 is 21.9 Å². The van der Waals surface area contributed by atoms with E-state index in [1.165, 1.54) is 6.92 Å². The van der Waals surface area contributed by atoms with E-state index in [0.717, 1.165) is 22.3 Å². The first-order chi connectivity index (χ1) is 20.0. The number of aromatic amines is 1. The molecule has 2 aromatic heterocycles. The van der Waals surface area contributed by atoms with E-state index in [-0.39, 0.29) is 23.9 Å². The molecule has 10 nitrogen and oxygen atoms in total. The fraction of sp³-hybridized carbons (Fsp3) is 0.219. The second-order valence-corrected chi connectivity index (χ2v) is 10.8. The number of para-hydroxylation sites is 1. The number of pyridine rings is 1. The molecule has 3 amide bonds. The predicted octanol–water partition coefficient (Wildman–Crippen LogP) is 4.09. The molecular formula is C32H32N6O4. The number of amides is 3. The summed E-state index contributed by atoms with van der Waals surface area (Å²) in [5, 5.41) is 5.70. The van der Waals surface area contributed by atoms with Crippen molar-refractivity contribution in [1.29, 1.82) is 0 Å². The van der Waals surface area contributed by atoms with Crippen LogP contribution >= 0.6 is 0 Å². The smallest absolute Gasteiger partial charge is 0.253 e. The number of hydrogen-bond acceptors (Lipinski definition) is 5. The van der Waals surface area contributed by atoms with Crippen molar-refractivity contribution < 1.29 is 14.4 Å². The Kier molecular flexibility index (Phi) is 7.38. The van der Waals surface area contributed by atoms with Gasteiger partial charge >= 0.3 is 0 Å². The molecule has 0 saturated heterocycles. The highest BCUT2D eigenvalue weighted by atomic mass is 16.2. The van der Waals surface area contributed by atoms with Gasteiger partial charge in [-0.2, -0.15) is 0 Å². The number of H-pyrrole nitrogens is 1. The first-order valence-corrected chi connectivity index (χ1v) is 13.5. The Hall–Kier alpha value is -5.25. The summed E-state index contributed by atoms with van der Waals surface area (Å²) in [6, 6.07) is 12.3. The van der Waals surface area contributed by atoms with Crippen LogP contribution in [0.15, 0.2) is 71.8 Å². The van der Waals surface area contributed by atoms with Crippen molar-refractivity contribution in [2.75, 3.05) is 5.32 Å².